The maximum atomic E-state index is 14.3. The van der Waals surface area contributed by atoms with Crippen LogP contribution in [0.15, 0.2) is 54.6 Å². The van der Waals surface area contributed by atoms with Gasteiger partial charge in [0, 0.05) is 28.6 Å². The van der Waals surface area contributed by atoms with Gasteiger partial charge >= 0.3 is 0 Å². The fourth-order valence-electron chi connectivity index (χ4n) is 5.23. The van der Waals surface area contributed by atoms with Gasteiger partial charge in [0.15, 0.2) is 0 Å². The zero-order valence-corrected chi connectivity index (χ0v) is 20.2. The van der Waals surface area contributed by atoms with E-state index in [1.807, 2.05) is 59.5 Å². The highest BCUT2D eigenvalue weighted by Gasteiger charge is 2.34. The fourth-order valence-corrected chi connectivity index (χ4v) is 5.23. The van der Waals surface area contributed by atoms with E-state index in [-0.39, 0.29) is 30.6 Å². The third-order valence-corrected chi connectivity index (χ3v) is 6.63. The summed E-state index contributed by atoms with van der Waals surface area (Å²) >= 11 is 0. The van der Waals surface area contributed by atoms with E-state index in [0.717, 1.165) is 53.7 Å². The van der Waals surface area contributed by atoms with Gasteiger partial charge < -0.3 is 10.0 Å². The molecule has 0 bridgehead atoms. The van der Waals surface area contributed by atoms with Crippen LogP contribution >= 0.6 is 0 Å². The highest BCUT2D eigenvalue weighted by molar-refractivity contribution is 6.09. The van der Waals surface area contributed by atoms with Crippen molar-refractivity contribution >= 4 is 16.8 Å². The number of rotatable bonds is 7. The third-order valence-electron chi connectivity index (χ3n) is 6.63. The van der Waals surface area contributed by atoms with Crippen LogP contribution in [-0.2, 0) is 0 Å². The quantitative estimate of drug-likeness (QED) is 0.537. The van der Waals surface area contributed by atoms with Crippen LogP contribution < -0.4 is 0 Å². The van der Waals surface area contributed by atoms with Gasteiger partial charge in [0.25, 0.3) is 5.91 Å². The number of aliphatic hydroxyl groups is 1. The number of benzene rings is 2. The maximum Gasteiger partial charge on any atom is 0.255 e. The number of likely N-dealkylation sites (tertiary alicyclic amines) is 1. The van der Waals surface area contributed by atoms with Gasteiger partial charge in [-0.2, -0.15) is 0 Å². The Kier molecular flexibility index (Phi) is 7.11. The zero-order chi connectivity index (χ0) is 23.5. The minimum absolute atomic E-state index is 0.00317. The molecule has 0 saturated carbocycles. The summed E-state index contributed by atoms with van der Waals surface area (Å²) in [7, 11) is 0. The Bertz CT molecular complexity index is 1100. The molecule has 5 heteroatoms. The summed E-state index contributed by atoms with van der Waals surface area (Å²) in [4.78, 5) is 23.6. The van der Waals surface area contributed by atoms with Crippen molar-refractivity contribution in [1.82, 2.24) is 14.8 Å². The van der Waals surface area contributed by atoms with Crippen molar-refractivity contribution in [1.29, 1.82) is 0 Å². The lowest BCUT2D eigenvalue weighted by molar-refractivity contribution is 0.0640. The molecule has 1 aromatic heterocycles. The molecule has 0 radical (unpaired) electrons. The normalized spacial score (nSPS) is 15.5. The number of hydrogen-bond donors (Lipinski definition) is 1. The van der Waals surface area contributed by atoms with Crippen molar-refractivity contribution in [2.75, 3.05) is 19.7 Å². The number of hydrogen-bond acceptors (Lipinski definition) is 4. The molecule has 33 heavy (non-hydrogen) atoms. The number of amides is 1. The van der Waals surface area contributed by atoms with Gasteiger partial charge in [0.1, 0.15) is 0 Å². The minimum Gasteiger partial charge on any atom is -0.394 e. The van der Waals surface area contributed by atoms with E-state index in [4.69, 9.17) is 4.98 Å². The predicted molar refractivity (Wildman–Crippen MR) is 134 cm³/mol. The summed E-state index contributed by atoms with van der Waals surface area (Å²) in [6.07, 6.45) is 2.21. The SMILES string of the molecule is CC(C)N(C(=O)c1c(C(CO)N2CCCC2)c(-c2ccccc2)nc2ccccc12)C(C)C. The number of carbonyl (C=O) groups excluding carboxylic acids is 1. The summed E-state index contributed by atoms with van der Waals surface area (Å²) in [5, 5.41) is 11.5. The first kappa shape index (κ1) is 23.4. The van der Waals surface area contributed by atoms with Crippen LogP contribution in [0.5, 0.6) is 0 Å². The van der Waals surface area contributed by atoms with Crippen LogP contribution in [0.25, 0.3) is 22.2 Å². The Balaban J connectivity index is 2.07. The Morgan fingerprint density at radius 3 is 2.18 bits per heavy atom. The molecular formula is C28H35N3O2. The summed E-state index contributed by atoms with van der Waals surface area (Å²) in [6.45, 7) is 10.0. The lowest BCUT2D eigenvalue weighted by Gasteiger charge is -2.35. The van der Waals surface area contributed by atoms with E-state index in [1.54, 1.807) is 0 Å². The third kappa shape index (κ3) is 4.53. The molecular weight excluding hydrogens is 410 g/mol. The molecule has 4 rings (SSSR count). The first-order chi connectivity index (χ1) is 15.9. The van der Waals surface area contributed by atoms with Gasteiger partial charge in [0.05, 0.1) is 29.4 Å². The second-order valence-corrected chi connectivity index (χ2v) is 9.47. The van der Waals surface area contributed by atoms with Crippen LogP contribution in [0.2, 0.25) is 0 Å². The molecule has 174 valence electrons. The predicted octanol–water partition coefficient (Wildman–Crippen LogP) is 5.29. The van der Waals surface area contributed by atoms with Gasteiger partial charge in [-0.15, -0.1) is 0 Å². The monoisotopic (exact) mass is 445 g/mol. The number of aromatic nitrogens is 1. The second-order valence-electron chi connectivity index (χ2n) is 9.47. The molecule has 1 saturated heterocycles. The number of aliphatic hydroxyl groups excluding tert-OH is 1. The lowest BCUT2D eigenvalue weighted by Crippen LogP contribution is -2.43. The van der Waals surface area contributed by atoms with Crippen molar-refractivity contribution in [3.8, 4) is 11.3 Å². The van der Waals surface area contributed by atoms with E-state index < -0.39 is 0 Å². The number of para-hydroxylation sites is 1. The average Bonchev–Trinajstić information content (AvgIpc) is 3.33. The molecule has 1 aliphatic heterocycles. The van der Waals surface area contributed by atoms with Crippen molar-refractivity contribution < 1.29 is 9.90 Å². The highest BCUT2D eigenvalue weighted by atomic mass is 16.3. The number of carbonyl (C=O) groups is 1. The molecule has 0 aliphatic carbocycles. The first-order valence-corrected chi connectivity index (χ1v) is 12.1. The minimum atomic E-state index is -0.278. The van der Waals surface area contributed by atoms with Gasteiger partial charge in [-0.25, -0.2) is 4.98 Å². The molecule has 1 amide bonds. The zero-order valence-electron chi connectivity index (χ0n) is 20.2. The van der Waals surface area contributed by atoms with Gasteiger partial charge in [-0.05, 0) is 59.7 Å². The second kappa shape index (κ2) is 10.0. The molecule has 1 atom stereocenters. The standard InChI is InChI=1S/C28H35N3O2/c1-19(2)31(20(3)4)28(33)25-22-14-8-9-15-23(22)29-27(21-12-6-5-7-13-21)26(25)24(18-32)30-16-10-11-17-30/h5-9,12-15,19-20,24,32H,10-11,16-18H2,1-4H3. The maximum absolute atomic E-state index is 14.3. The summed E-state index contributed by atoms with van der Waals surface area (Å²) < 4.78 is 0. The van der Waals surface area contributed by atoms with E-state index in [0.29, 0.717) is 5.56 Å². The molecule has 3 aromatic rings. The molecule has 1 unspecified atom stereocenters. The average molecular weight is 446 g/mol. The first-order valence-electron chi connectivity index (χ1n) is 12.1. The lowest BCUT2D eigenvalue weighted by atomic mass is 9.90. The Morgan fingerprint density at radius 1 is 0.970 bits per heavy atom. The van der Waals surface area contributed by atoms with Crippen molar-refractivity contribution in [3.63, 3.8) is 0 Å². The Hall–Kier alpha value is -2.76. The van der Waals surface area contributed by atoms with E-state index in [2.05, 4.69) is 32.6 Å². The molecule has 2 aromatic carbocycles. The van der Waals surface area contributed by atoms with E-state index in [9.17, 15) is 9.90 Å². The molecule has 1 N–H and O–H groups in total. The summed E-state index contributed by atoms with van der Waals surface area (Å²) in [6, 6.07) is 17.8. The van der Waals surface area contributed by atoms with Crippen LogP contribution in [0.3, 0.4) is 0 Å². The van der Waals surface area contributed by atoms with Crippen LogP contribution in [0.1, 0.15) is 62.5 Å². The Labute approximate surface area is 197 Å². The topological polar surface area (TPSA) is 56.7 Å². The Morgan fingerprint density at radius 2 is 1.58 bits per heavy atom. The summed E-state index contributed by atoms with van der Waals surface area (Å²) in [5.74, 6) is 0.00317. The van der Waals surface area contributed by atoms with Gasteiger partial charge in [0.2, 0.25) is 0 Å². The number of nitrogens with zero attached hydrogens (tertiary/aromatic N) is 3. The molecule has 5 nitrogen and oxygen atoms in total. The molecule has 1 aliphatic rings. The fraction of sp³-hybridized carbons (Fsp3) is 0.429. The van der Waals surface area contributed by atoms with Gasteiger partial charge in [-0.1, -0.05) is 48.5 Å². The van der Waals surface area contributed by atoms with Crippen LogP contribution in [-0.4, -0.2) is 57.6 Å². The number of fused-ring (bicyclic) bond motifs is 1. The van der Waals surface area contributed by atoms with Crippen molar-refractivity contribution in [2.45, 2.75) is 58.7 Å². The van der Waals surface area contributed by atoms with E-state index in [1.165, 1.54) is 0 Å². The largest absolute Gasteiger partial charge is 0.394 e. The van der Waals surface area contributed by atoms with Crippen LogP contribution in [0, 0.1) is 0 Å². The molecule has 0 spiro atoms. The van der Waals surface area contributed by atoms with E-state index >= 15 is 0 Å². The summed E-state index contributed by atoms with van der Waals surface area (Å²) in [5.41, 5.74) is 4.07. The van der Waals surface area contributed by atoms with Gasteiger partial charge in [-0.3, -0.25) is 9.69 Å². The molecule has 2 heterocycles. The molecule has 1 fully saturated rings. The number of pyridine rings is 1. The smallest absolute Gasteiger partial charge is 0.255 e. The van der Waals surface area contributed by atoms with Crippen molar-refractivity contribution in [3.05, 3.63) is 65.7 Å². The van der Waals surface area contributed by atoms with Crippen LogP contribution in [0.4, 0.5) is 0 Å². The highest BCUT2D eigenvalue weighted by Crippen LogP contribution is 2.38. The van der Waals surface area contributed by atoms with Crippen molar-refractivity contribution in [2.24, 2.45) is 0 Å².